The summed E-state index contributed by atoms with van der Waals surface area (Å²) >= 11 is 0. The molecule has 0 radical (unpaired) electrons. The van der Waals surface area contributed by atoms with Crippen molar-refractivity contribution in [2.75, 3.05) is 32.3 Å². The molecule has 0 aromatic heterocycles. The SMILES string of the molecule is COC(=O)c1ccc(NC(=O)CN(C)S(C)(=O)=O)cc1. The minimum Gasteiger partial charge on any atom is -0.465 e. The van der Waals surface area contributed by atoms with Crippen molar-refractivity contribution >= 4 is 27.6 Å². The van der Waals surface area contributed by atoms with Gasteiger partial charge in [0.2, 0.25) is 15.9 Å². The summed E-state index contributed by atoms with van der Waals surface area (Å²) in [5, 5.41) is 2.53. The van der Waals surface area contributed by atoms with Crippen molar-refractivity contribution in [1.29, 1.82) is 0 Å². The fourth-order valence-electron chi connectivity index (χ4n) is 1.33. The topological polar surface area (TPSA) is 92.8 Å². The van der Waals surface area contributed by atoms with Gasteiger partial charge in [-0.25, -0.2) is 13.2 Å². The van der Waals surface area contributed by atoms with Crippen molar-refractivity contribution in [3.8, 4) is 0 Å². The predicted octanol–water partition coefficient (Wildman–Crippen LogP) is 0.303. The molecule has 0 aliphatic heterocycles. The third-order valence-electron chi connectivity index (χ3n) is 2.52. The number of hydrogen-bond acceptors (Lipinski definition) is 5. The first-order chi connectivity index (χ1) is 9.24. The van der Waals surface area contributed by atoms with E-state index in [1.807, 2.05) is 0 Å². The zero-order valence-electron chi connectivity index (χ0n) is 11.4. The molecule has 1 rings (SSSR count). The average Bonchev–Trinajstić information content (AvgIpc) is 2.37. The number of anilines is 1. The second-order valence-electron chi connectivity index (χ2n) is 4.14. The van der Waals surface area contributed by atoms with E-state index in [9.17, 15) is 18.0 Å². The lowest BCUT2D eigenvalue weighted by Crippen LogP contribution is -2.34. The normalized spacial score (nSPS) is 11.2. The zero-order chi connectivity index (χ0) is 15.3. The molecular weight excluding hydrogens is 284 g/mol. The molecule has 0 aliphatic rings. The number of likely N-dealkylation sites (N-methyl/N-ethyl adjacent to an activating group) is 1. The standard InChI is InChI=1S/C12H16N2O5S/c1-14(20(3,17)18)8-11(15)13-10-6-4-9(5-7-10)12(16)19-2/h4-7H,8H2,1-3H3,(H,13,15). The van der Waals surface area contributed by atoms with Crippen LogP contribution in [0.5, 0.6) is 0 Å². The first-order valence-corrected chi connectivity index (χ1v) is 7.48. The van der Waals surface area contributed by atoms with E-state index in [4.69, 9.17) is 0 Å². The largest absolute Gasteiger partial charge is 0.465 e. The minimum absolute atomic E-state index is 0.280. The Morgan fingerprint density at radius 1 is 1.25 bits per heavy atom. The van der Waals surface area contributed by atoms with Gasteiger partial charge >= 0.3 is 5.97 Å². The highest BCUT2D eigenvalue weighted by Crippen LogP contribution is 2.10. The number of nitrogens with one attached hydrogen (secondary N) is 1. The summed E-state index contributed by atoms with van der Waals surface area (Å²) in [6.45, 7) is -0.280. The van der Waals surface area contributed by atoms with Crippen LogP contribution in [0.25, 0.3) is 0 Å². The molecule has 1 aromatic rings. The number of nitrogens with zero attached hydrogens (tertiary/aromatic N) is 1. The maximum atomic E-state index is 11.6. The van der Waals surface area contributed by atoms with Crippen molar-refractivity contribution < 1.29 is 22.7 Å². The van der Waals surface area contributed by atoms with Crippen LogP contribution in [0.2, 0.25) is 0 Å². The Kier molecular flexibility index (Phi) is 5.23. The van der Waals surface area contributed by atoms with E-state index in [1.54, 1.807) is 0 Å². The predicted molar refractivity (Wildman–Crippen MR) is 73.9 cm³/mol. The van der Waals surface area contributed by atoms with Gasteiger partial charge in [0, 0.05) is 12.7 Å². The maximum Gasteiger partial charge on any atom is 0.337 e. The van der Waals surface area contributed by atoms with E-state index >= 15 is 0 Å². The van der Waals surface area contributed by atoms with Crippen LogP contribution >= 0.6 is 0 Å². The van der Waals surface area contributed by atoms with Gasteiger partial charge in [-0.05, 0) is 24.3 Å². The number of methoxy groups -OCH3 is 1. The van der Waals surface area contributed by atoms with Crippen LogP contribution in [0.4, 0.5) is 5.69 Å². The molecule has 110 valence electrons. The molecule has 0 heterocycles. The molecule has 0 aliphatic carbocycles. The molecule has 0 atom stereocenters. The van der Waals surface area contributed by atoms with E-state index in [2.05, 4.69) is 10.1 Å². The molecule has 8 heteroatoms. The van der Waals surface area contributed by atoms with Crippen molar-refractivity contribution in [3.05, 3.63) is 29.8 Å². The number of benzene rings is 1. The van der Waals surface area contributed by atoms with Crippen LogP contribution in [-0.2, 0) is 19.6 Å². The van der Waals surface area contributed by atoms with Crippen LogP contribution in [0, 0.1) is 0 Å². The molecule has 1 aromatic carbocycles. The first kappa shape index (κ1) is 16.1. The summed E-state index contributed by atoms with van der Waals surface area (Å²) in [5.74, 6) is -0.941. The van der Waals surface area contributed by atoms with Crippen molar-refractivity contribution in [2.24, 2.45) is 0 Å². The molecule has 0 spiro atoms. The number of sulfonamides is 1. The van der Waals surface area contributed by atoms with Crippen LogP contribution in [0.15, 0.2) is 24.3 Å². The Morgan fingerprint density at radius 2 is 1.80 bits per heavy atom. The van der Waals surface area contributed by atoms with Crippen molar-refractivity contribution in [3.63, 3.8) is 0 Å². The fourth-order valence-corrected chi connectivity index (χ4v) is 1.68. The zero-order valence-corrected chi connectivity index (χ0v) is 12.2. The number of esters is 1. The number of carbonyl (C=O) groups excluding carboxylic acids is 2. The summed E-state index contributed by atoms with van der Waals surface area (Å²) in [6.07, 6.45) is 1.02. The van der Waals surface area contributed by atoms with E-state index < -0.39 is 21.9 Å². The molecule has 0 bridgehead atoms. The highest BCUT2D eigenvalue weighted by Gasteiger charge is 2.15. The summed E-state index contributed by atoms with van der Waals surface area (Å²) in [5.41, 5.74) is 0.823. The fraction of sp³-hybridized carbons (Fsp3) is 0.333. The van der Waals surface area contributed by atoms with Crippen LogP contribution < -0.4 is 5.32 Å². The highest BCUT2D eigenvalue weighted by molar-refractivity contribution is 7.88. The van der Waals surface area contributed by atoms with Crippen LogP contribution in [0.1, 0.15) is 10.4 Å². The van der Waals surface area contributed by atoms with Gasteiger partial charge in [-0.1, -0.05) is 0 Å². The van der Waals surface area contributed by atoms with Gasteiger partial charge in [0.05, 0.1) is 25.5 Å². The van der Waals surface area contributed by atoms with Crippen LogP contribution in [0.3, 0.4) is 0 Å². The Bertz CT molecular complexity index is 595. The lowest BCUT2D eigenvalue weighted by Gasteiger charge is -2.13. The van der Waals surface area contributed by atoms with E-state index in [0.29, 0.717) is 11.3 Å². The first-order valence-electron chi connectivity index (χ1n) is 5.63. The summed E-state index contributed by atoms with van der Waals surface area (Å²) in [7, 11) is -0.809. The molecular formula is C12H16N2O5S. The molecule has 0 saturated carbocycles. The molecule has 0 saturated heterocycles. The monoisotopic (exact) mass is 300 g/mol. The maximum absolute atomic E-state index is 11.6. The molecule has 7 nitrogen and oxygen atoms in total. The second-order valence-corrected chi connectivity index (χ2v) is 6.23. The van der Waals surface area contributed by atoms with Gasteiger partial charge < -0.3 is 10.1 Å². The Balaban J connectivity index is 2.65. The third-order valence-corrected chi connectivity index (χ3v) is 3.78. The number of amides is 1. The third kappa shape index (κ3) is 4.63. The lowest BCUT2D eigenvalue weighted by atomic mass is 10.2. The Hall–Kier alpha value is -1.93. The van der Waals surface area contributed by atoms with Gasteiger partial charge in [-0.15, -0.1) is 0 Å². The Labute approximate surface area is 117 Å². The van der Waals surface area contributed by atoms with Crippen molar-refractivity contribution in [2.45, 2.75) is 0 Å². The number of rotatable bonds is 5. The molecule has 0 fully saturated rings. The van der Waals surface area contributed by atoms with Gasteiger partial charge in [0.15, 0.2) is 0 Å². The van der Waals surface area contributed by atoms with Gasteiger partial charge in [-0.2, -0.15) is 4.31 Å². The van der Waals surface area contributed by atoms with E-state index in [0.717, 1.165) is 10.6 Å². The molecule has 0 unspecified atom stereocenters. The van der Waals surface area contributed by atoms with Gasteiger partial charge in [-0.3, -0.25) is 4.79 Å². The van der Waals surface area contributed by atoms with Crippen molar-refractivity contribution in [1.82, 2.24) is 4.31 Å². The summed E-state index contributed by atoms with van der Waals surface area (Å²) in [4.78, 5) is 22.9. The molecule has 20 heavy (non-hydrogen) atoms. The number of carbonyl (C=O) groups is 2. The number of hydrogen-bond donors (Lipinski definition) is 1. The summed E-state index contributed by atoms with van der Waals surface area (Å²) in [6, 6.07) is 6.07. The summed E-state index contributed by atoms with van der Waals surface area (Å²) < 4.78 is 27.8. The minimum atomic E-state index is -3.40. The number of ether oxygens (including phenoxy) is 1. The average molecular weight is 300 g/mol. The second kappa shape index (κ2) is 6.49. The van der Waals surface area contributed by atoms with Crippen LogP contribution in [-0.4, -0.2) is 51.6 Å². The molecule has 1 N–H and O–H groups in total. The van der Waals surface area contributed by atoms with E-state index in [1.165, 1.54) is 38.4 Å². The van der Waals surface area contributed by atoms with E-state index in [-0.39, 0.29) is 6.54 Å². The quantitative estimate of drug-likeness (QED) is 0.790. The highest BCUT2D eigenvalue weighted by atomic mass is 32.2. The van der Waals surface area contributed by atoms with Gasteiger partial charge in [0.25, 0.3) is 0 Å². The lowest BCUT2D eigenvalue weighted by molar-refractivity contribution is -0.116. The Morgan fingerprint density at radius 3 is 2.25 bits per heavy atom. The smallest absolute Gasteiger partial charge is 0.337 e. The molecule has 1 amide bonds. The van der Waals surface area contributed by atoms with Gasteiger partial charge in [0.1, 0.15) is 0 Å².